The van der Waals surface area contributed by atoms with E-state index in [1.165, 1.54) is 11.6 Å². The Morgan fingerprint density at radius 1 is 1.07 bits per heavy atom. The molecular formula is C12H11NO2. The van der Waals surface area contributed by atoms with Crippen molar-refractivity contribution in [3.63, 3.8) is 0 Å². The average molecular weight is 201 g/mol. The lowest BCUT2D eigenvalue weighted by atomic mass is 10.0. The molecule has 0 saturated heterocycles. The predicted molar refractivity (Wildman–Crippen MR) is 57.0 cm³/mol. The fraction of sp³-hybridized carbons (Fsp3) is 0.167. The lowest BCUT2D eigenvalue weighted by molar-refractivity contribution is -0.123. The van der Waals surface area contributed by atoms with Crippen molar-refractivity contribution < 1.29 is 9.59 Å². The molecule has 0 saturated carbocycles. The number of nitrogens with one attached hydrogen (secondary N) is 1. The van der Waals surface area contributed by atoms with Crippen LogP contribution in [0.2, 0.25) is 0 Å². The van der Waals surface area contributed by atoms with Gasteiger partial charge in [0.05, 0.1) is 5.57 Å². The van der Waals surface area contributed by atoms with Gasteiger partial charge in [0, 0.05) is 6.08 Å². The van der Waals surface area contributed by atoms with Crippen molar-refractivity contribution in [3.8, 4) is 0 Å². The van der Waals surface area contributed by atoms with Gasteiger partial charge in [0.25, 0.3) is 11.8 Å². The van der Waals surface area contributed by atoms with Gasteiger partial charge in [0.1, 0.15) is 0 Å². The molecule has 3 nitrogen and oxygen atoms in total. The molecule has 0 atom stereocenters. The van der Waals surface area contributed by atoms with E-state index in [0.29, 0.717) is 5.57 Å². The summed E-state index contributed by atoms with van der Waals surface area (Å²) in [5, 5.41) is 2.23. The van der Waals surface area contributed by atoms with E-state index in [0.717, 1.165) is 11.1 Å². The summed E-state index contributed by atoms with van der Waals surface area (Å²) in [5.41, 5.74) is 3.52. The van der Waals surface area contributed by atoms with Gasteiger partial charge in [-0.15, -0.1) is 0 Å². The zero-order chi connectivity index (χ0) is 11.0. The van der Waals surface area contributed by atoms with Crippen LogP contribution in [0.3, 0.4) is 0 Å². The standard InChI is InChI=1S/C12H11NO2/c1-7-3-4-9(5-8(7)2)10-6-11(14)13-12(10)15/h3-6H,1-2H3,(H,13,14,15). The van der Waals surface area contributed by atoms with Gasteiger partial charge in [0.15, 0.2) is 0 Å². The van der Waals surface area contributed by atoms with Gasteiger partial charge in [-0.1, -0.05) is 18.2 Å². The highest BCUT2D eigenvalue weighted by molar-refractivity contribution is 6.33. The fourth-order valence-corrected chi connectivity index (χ4v) is 1.54. The summed E-state index contributed by atoms with van der Waals surface area (Å²) >= 11 is 0. The van der Waals surface area contributed by atoms with Gasteiger partial charge < -0.3 is 0 Å². The molecule has 0 radical (unpaired) electrons. The second-order valence-electron chi connectivity index (χ2n) is 3.68. The van der Waals surface area contributed by atoms with E-state index >= 15 is 0 Å². The molecule has 0 unspecified atom stereocenters. The third-order valence-electron chi connectivity index (χ3n) is 2.57. The highest BCUT2D eigenvalue weighted by Crippen LogP contribution is 2.20. The molecule has 15 heavy (non-hydrogen) atoms. The Morgan fingerprint density at radius 2 is 1.80 bits per heavy atom. The van der Waals surface area contributed by atoms with Gasteiger partial charge in [0.2, 0.25) is 0 Å². The third kappa shape index (κ3) is 1.68. The number of benzene rings is 1. The number of hydrogen-bond acceptors (Lipinski definition) is 2. The topological polar surface area (TPSA) is 46.2 Å². The monoisotopic (exact) mass is 201 g/mol. The van der Waals surface area contributed by atoms with Crippen LogP contribution in [-0.2, 0) is 9.59 Å². The Bertz CT molecular complexity index is 486. The van der Waals surface area contributed by atoms with Gasteiger partial charge in [-0.25, -0.2) is 0 Å². The van der Waals surface area contributed by atoms with Crippen molar-refractivity contribution in [2.45, 2.75) is 13.8 Å². The predicted octanol–water partition coefficient (Wildman–Crippen LogP) is 1.34. The molecule has 2 rings (SSSR count). The Morgan fingerprint density at radius 3 is 2.33 bits per heavy atom. The van der Waals surface area contributed by atoms with Crippen molar-refractivity contribution in [2.24, 2.45) is 0 Å². The lowest BCUT2D eigenvalue weighted by Gasteiger charge is -2.04. The minimum Gasteiger partial charge on any atom is -0.289 e. The maximum Gasteiger partial charge on any atom is 0.258 e. The SMILES string of the molecule is Cc1ccc(C2=CC(=O)NC2=O)cc1C. The molecule has 1 N–H and O–H groups in total. The van der Waals surface area contributed by atoms with Gasteiger partial charge >= 0.3 is 0 Å². The van der Waals surface area contributed by atoms with E-state index in [2.05, 4.69) is 5.32 Å². The maximum atomic E-state index is 11.4. The van der Waals surface area contributed by atoms with E-state index in [1.54, 1.807) is 0 Å². The summed E-state index contributed by atoms with van der Waals surface area (Å²) in [6.45, 7) is 3.99. The number of rotatable bonds is 1. The largest absolute Gasteiger partial charge is 0.289 e. The molecule has 1 aromatic rings. The van der Waals surface area contributed by atoms with Crippen molar-refractivity contribution in [1.82, 2.24) is 5.32 Å². The minimum atomic E-state index is -0.340. The summed E-state index contributed by atoms with van der Waals surface area (Å²) in [4.78, 5) is 22.4. The van der Waals surface area contributed by atoms with Crippen LogP contribution >= 0.6 is 0 Å². The first kappa shape index (κ1) is 9.65. The Hall–Kier alpha value is -1.90. The fourth-order valence-electron chi connectivity index (χ4n) is 1.54. The molecule has 0 fully saturated rings. The number of aryl methyl sites for hydroxylation is 2. The molecule has 2 amide bonds. The minimum absolute atomic E-state index is 0.316. The molecule has 0 aromatic heterocycles. The van der Waals surface area contributed by atoms with E-state index in [4.69, 9.17) is 0 Å². The van der Waals surface area contributed by atoms with Crippen LogP contribution in [0.1, 0.15) is 16.7 Å². The number of imide groups is 1. The number of carbonyl (C=O) groups excluding carboxylic acids is 2. The lowest BCUT2D eigenvalue weighted by Crippen LogP contribution is -2.21. The zero-order valence-corrected chi connectivity index (χ0v) is 8.63. The Labute approximate surface area is 87.8 Å². The third-order valence-corrected chi connectivity index (χ3v) is 2.57. The van der Waals surface area contributed by atoms with Crippen LogP contribution in [0.15, 0.2) is 24.3 Å². The van der Waals surface area contributed by atoms with Crippen LogP contribution in [0, 0.1) is 13.8 Å². The van der Waals surface area contributed by atoms with Crippen molar-refractivity contribution in [1.29, 1.82) is 0 Å². The van der Waals surface area contributed by atoms with Crippen molar-refractivity contribution >= 4 is 17.4 Å². The van der Waals surface area contributed by atoms with Crippen molar-refractivity contribution in [3.05, 3.63) is 41.0 Å². The average Bonchev–Trinajstić information content (AvgIpc) is 2.50. The van der Waals surface area contributed by atoms with Crippen LogP contribution < -0.4 is 5.32 Å². The quantitative estimate of drug-likeness (QED) is 0.697. The van der Waals surface area contributed by atoms with E-state index in [1.807, 2.05) is 32.0 Å². The van der Waals surface area contributed by atoms with E-state index < -0.39 is 0 Å². The van der Waals surface area contributed by atoms with Crippen LogP contribution in [0.25, 0.3) is 5.57 Å². The van der Waals surface area contributed by atoms with Crippen molar-refractivity contribution in [2.75, 3.05) is 0 Å². The summed E-state index contributed by atoms with van der Waals surface area (Å²) < 4.78 is 0. The number of carbonyl (C=O) groups is 2. The van der Waals surface area contributed by atoms with Gasteiger partial charge in [-0.2, -0.15) is 0 Å². The summed E-state index contributed by atoms with van der Waals surface area (Å²) in [5.74, 6) is -0.656. The molecule has 1 aromatic carbocycles. The molecule has 0 aliphatic carbocycles. The second kappa shape index (κ2) is 3.35. The first-order valence-electron chi connectivity index (χ1n) is 4.72. The van der Waals surface area contributed by atoms with Crippen LogP contribution in [0.4, 0.5) is 0 Å². The van der Waals surface area contributed by atoms with Crippen LogP contribution in [-0.4, -0.2) is 11.8 Å². The maximum absolute atomic E-state index is 11.4. The number of hydrogen-bond donors (Lipinski definition) is 1. The molecular weight excluding hydrogens is 190 g/mol. The molecule has 0 bridgehead atoms. The van der Waals surface area contributed by atoms with Crippen LogP contribution in [0.5, 0.6) is 0 Å². The van der Waals surface area contributed by atoms with Gasteiger partial charge in [-0.05, 0) is 30.5 Å². The normalized spacial score (nSPS) is 15.2. The Kier molecular flexibility index (Phi) is 2.15. The van der Waals surface area contributed by atoms with Gasteiger partial charge in [-0.3, -0.25) is 14.9 Å². The summed E-state index contributed by atoms with van der Waals surface area (Å²) in [6.07, 6.45) is 1.34. The highest BCUT2D eigenvalue weighted by atomic mass is 16.2. The molecule has 3 heteroatoms. The highest BCUT2D eigenvalue weighted by Gasteiger charge is 2.21. The van der Waals surface area contributed by atoms with E-state index in [-0.39, 0.29) is 11.8 Å². The first-order chi connectivity index (χ1) is 7.08. The Balaban J connectivity index is 2.47. The molecule has 1 heterocycles. The smallest absolute Gasteiger partial charge is 0.258 e. The molecule has 76 valence electrons. The first-order valence-corrected chi connectivity index (χ1v) is 4.72. The molecule has 1 aliphatic rings. The zero-order valence-electron chi connectivity index (χ0n) is 8.63. The number of amides is 2. The summed E-state index contributed by atoms with van der Waals surface area (Å²) in [6, 6.07) is 5.72. The second-order valence-corrected chi connectivity index (χ2v) is 3.68. The summed E-state index contributed by atoms with van der Waals surface area (Å²) in [7, 11) is 0. The van der Waals surface area contributed by atoms with E-state index in [9.17, 15) is 9.59 Å². The molecule has 1 aliphatic heterocycles. The molecule has 0 spiro atoms.